The molecule has 0 N–H and O–H groups in total. The van der Waals surface area contributed by atoms with Crippen molar-refractivity contribution < 1.29 is 19.0 Å². The van der Waals surface area contributed by atoms with Crippen molar-refractivity contribution in [3.8, 4) is 6.07 Å². The highest BCUT2D eigenvalue weighted by molar-refractivity contribution is 7.98. The van der Waals surface area contributed by atoms with Crippen LogP contribution in [0.25, 0.3) is 11.3 Å². The smallest absolute Gasteiger partial charge is 0.451 e. The molecule has 33 heavy (non-hydrogen) atoms. The average molecular weight is 472 g/mol. The van der Waals surface area contributed by atoms with Crippen molar-refractivity contribution in [2.24, 2.45) is 7.05 Å². The van der Waals surface area contributed by atoms with Crippen LogP contribution in [0.15, 0.2) is 24.3 Å². The molecule has 0 aliphatic heterocycles. The fraction of sp³-hybridized carbons (Fsp3) is 0.480. The number of nitrogens with zero attached hydrogens (tertiary/aromatic N) is 3. The van der Waals surface area contributed by atoms with Gasteiger partial charge in [-0.05, 0) is 36.6 Å². The van der Waals surface area contributed by atoms with E-state index in [2.05, 4.69) is 31.9 Å². The van der Waals surface area contributed by atoms with Gasteiger partial charge in [0.1, 0.15) is 23.9 Å². The minimum absolute atomic E-state index is 0.0108. The van der Waals surface area contributed by atoms with Crippen molar-refractivity contribution in [2.45, 2.75) is 53.2 Å². The highest BCUT2D eigenvalue weighted by Crippen LogP contribution is 2.32. The van der Waals surface area contributed by atoms with Gasteiger partial charge in [0.2, 0.25) is 6.29 Å². The van der Waals surface area contributed by atoms with Crippen molar-refractivity contribution in [1.29, 1.82) is 5.26 Å². The van der Waals surface area contributed by atoms with Crippen LogP contribution in [0.1, 0.15) is 55.8 Å². The topological polar surface area (TPSA) is 86.4 Å². The Kier molecular flexibility index (Phi) is 9.00. The number of hydrogen-bond acceptors (Lipinski definition) is 7. The molecule has 1 unspecified atom stereocenters. The molecule has 178 valence electrons. The number of thioether (sulfide) groups is 1. The molecule has 2 rings (SSSR count). The van der Waals surface area contributed by atoms with Gasteiger partial charge in [-0.3, -0.25) is 4.68 Å². The molecule has 8 heteroatoms. The summed E-state index contributed by atoms with van der Waals surface area (Å²) < 4.78 is 18.0. The van der Waals surface area contributed by atoms with Crippen LogP contribution in [-0.2, 0) is 26.7 Å². The number of hydrogen-bond donors (Lipinski definition) is 0. The zero-order chi connectivity index (χ0) is 24.8. The first-order valence-electron chi connectivity index (χ1n) is 10.7. The van der Waals surface area contributed by atoms with Gasteiger partial charge in [0.05, 0.1) is 5.69 Å². The maximum absolute atomic E-state index is 12.0. The number of ether oxygens (including phenoxy) is 3. The molecule has 0 aliphatic rings. The zero-order valence-corrected chi connectivity index (χ0v) is 21.5. The molecule has 0 spiro atoms. The summed E-state index contributed by atoms with van der Waals surface area (Å²) in [4.78, 5) is 12.0. The van der Waals surface area contributed by atoms with Crippen LogP contribution in [0.4, 0.5) is 4.79 Å². The molecule has 0 radical (unpaired) electrons. The highest BCUT2D eigenvalue weighted by Gasteiger charge is 2.25. The number of benzene rings is 1. The van der Waals surface area contributed by atoms with Crippen molar-refractivity contribution in [1.82, 2.24) is 9.78 Å². The third-order valence-electron chi connectivity index (χ3n) is 5.17. The Balaban J connectivity index is 2.48. The Hall–Kier alpha value is -2.92. The Bertz CT molecular complexity index is 1040. The van der Waals surface area contributed by atoms with Crippen molar-refractivity contribution in [2.75, 3.05) is 18.6 Å². The molecule has 0 saturated heterocycles. The van der Waals surface area contributed by atoms with E-state index < -0.39 is 12.4 Å². The fourth-order valence-corrected chi connectivity index (χ4v) is 3.52. The molecule has 1 aromatic carbocycles. The number of aryl methyl sites for hydroxylation is 2. The van der Waals surface area contributed by atoms with Gasteiger partial charge in [-0.15, -0.1) is 0 Å². The van der Waals surface area contributed by atoms with E-state index in [4.69, 9.17) is 14.2 Å². The number of carbonyl (C=O) groups is 1. The lowest BCUT2D eigenvalue weighted by atomic mass is 9.86. The van der Waals surface area contributed by atoms with Crippen molar-refractivity contribution in [3.63, 3.8) is 0 Å². The molecule has 0 fully saturated rings. The normalized spacial score (nSPS) is 13.1. The van der Waals surface area contributed by atoms with Crippen LogP contribution < -0.4 is 0 Å². The maximum atomic E-state index is 12.0. The summed E-state index contributed by atoms with van der Waals surface area (Å²) in [6.45, 7) is 12.1. The molecule has 1 aromatic heterocycles. The van der Waals surface area contributed by atoms with E-state index in [1.165, 1.54) is 0 Å². The fourth-order valence-electron chi connectivity index (χ4n) is 3.27. The van der Waals surface area contributed by atoms with E-state index in [0.29, 0.717) is 28.3 Å². The summed E-state index contributed by atoms with van der Waals surface area (Å²) in [7, 11) is 1.79. The van der Waals surface area contributed by atoms with Crippen LogP contribution in [0.3, 0.4) is 0 Å². The Morgan fingerprint density at radius 1 is 1.21 bits per heavy atom. The predicted molar refractivity (Wildman–Crippen MR) is 132 cm³/mol. The Morgan fingerprint density at radius 2 is 1.85 bits per heavy atom. The van der Waals surface area contributed by atoms with Crippen LogP contribution in [0.5, 0.6) is 0 Å². The lowest BCUT2D eigenvalue weighted by Crippen LogP contribution is -2.20. The molecule has 1 heterocycles. The van der Waals surface area contributed by atoms with Crippen molar-refractivity contribution in [3.05, 3.63) is 52.3 Å². The van der Waals surface area contributed by atoms with E-state index >= 15 is 0 Å². The molecule has 0 amide bonds. The first-order chi connectivity index (χ1) is 15.5. The Labute approximate surface area is 200 Å². The second kappa shape index (κ2) is 11.3. The highest BCUT2D eigenvalue weighted by atomic mass is 32.2. The number of allylic oxidation sites excluding steroid dienone is 1. The molecule has 7 nitrogen and oxygen atoms in total. The lowest BCUT2D eigenvalue weighted by molar-refractivity contribution is -0.0658. The number of aromatic nitrogens is 2. The van der Waals surface area contributed by atoms with Gasteiger partial charge in [0, 0.05) is 25.3 Å². The molecule has 0 saturated carbocycles. The molecule has 0 bridgehead atoms. The van der Waals surface area contributed by atoms with Crippen LogP contribution in [0.2, 0.25) is 0 Å². The van der Waals surface area contributed by atoms with E-state index in [-0.39, 0.29) is 12.0 Å². The molecule has 2 aromatic rings. The van der Waals surface area contributed by atoms with E-state index in [1.54, 1.807) is 30.4 Å². The Morgan fingerprint density at radius 3 is 2.33 bits per heavy atom. The summed E-state index contributed by atoms with van der Waals surface area (Å²) in [5, 5.41) is 14.6. The summed E-state index contributed by atoms with van der Waals surface area (Å²) >= 11 is 1.57. The molecular formula is C25H33N3O4S. The molecule has 1 atom stereocenters. The van der Waals surface area contributed by atoms with Gasteiger partial charge in [0.15, 0.2) is 5.76 Å². The van der Waals surface area contributed by atoms with Crippen LogP contribution in [0, 0.1) is 25.2 Å². The summed E-state index contributed by atoms with van der Waals surface area (Å²) in [5.41, 5.74) is 4.52. The standard InChI is InChI=1S/C25H33N3O4S/c1-16-17(2)27-28(7)22(16)23(31-18(3)32-24(29)30-13-14-33-8)21(15-26)19-9-11-20(12-10-19)25(4,5)6/h9-12,18H,13-14H2,1-8H3/b23-21-. The van der Waals surface area contributed by atoms with Crippen molar-refractivity contribution >= 4 is 29.2 Å². The van der Waals surface area contributed by atoms with Crippen LogP contribution in [-0.4, -0.2) is 40.8 Å². The third-order valence-corrected chi connectivity index (χ3v) is 5.74. The maximum Gasteiger partial charge on any atom is 0.511 e. The predicted octanol–water partition coefficient (Wildman–Crippen LogP) is 5.61. The minimum Gasteiger partial charge on any atom is -0.451 e. The third kappa shape index (κ3) is 6.78. The quantitative estimate of drug-likeness (QED) is 0.163. The zero-order valence-electron chi connectivity index (χ0n) is 20.7. The second-order valence-corrected chi connectivity index (χ2v) is 9.71. The lowest BCUT2D eigenvalue weighted by Gasteiger charge is -2.21. The second-order valence-electron chi connectivity index (χ2n) is 8.72. The largest absolute Gasteiger partial charge is 0.511 e. The first-order valence-corrected chi connectivity index (χ1v) is 12.1. The number of nitriles is 1. The molecular weight excluding hydrogens is 438 g/mol. The van der Waals surface area contributed by atoms with Gasteiger partial charge < -0.3 is 14.2 Å². The van der Waals surface area contributed by atoms with E-state index in [1.807, 2.05) is 44.4 Å². The van der Waals surface area contributed by atoms with Gasteiger partial charge in [-0.25, -0.2) is 4.79 Å². The van der Waals surface area contributed by atoms with Gasteiger partial charge in [-0.2, -0.15) is 22.1 Å². The van der Waals surface area contributed by atoms with Gasteiger partial charge in [0.25, 0.3) is 0 Å². The van der Waals surface area contributed by atoms with Gasteiger partial charge >= 0.3 is 6.16 Å². The number of carbonyl (C=O) groups excluding carboxylic acids is 1. The number of rotatable bonds is 8. The molecule has 0 aliphatic carbocycles. The SMILES string of the molecule is CSCCOC(=O)OC(C)O/C(=C(/C#N)c1ccc(C(C)(C)C)cc1)c1c(C)c(C)nn1C. The minimum atomic E-state index is -0.978. The summed E-state index contributed by atoms with van der Waals surface area (Å²) in [6, 6.07) is 10.1. The summed E-state index contributed by atoms with van der Waals surface area (Å²) in [6.07, 6.45) is 0.128. The van der Waals surface area contributed by atoms with Crippen LogP contribution >= 0.6 is 11.8 Å². The average Bonchev–Trinajstić information content (AvgIpc) is 2.99. The first kappa shape index (κ1) is 26.3. The summed E-state index contributed by atoms with van der Waals surface area (Å²) in [5.74, 6) is 0.970. The van der Waals surface area contributed by atoms with E-state index in [0.717, 1.165) is 16.8 Å². The van der Waals surface area contributed by atoms with Gasteiger partial charge in [-0.1, -0.05) is 45.0 Å². The monoisotopic (exact) mass is 471 g/mol. The van der Waals surface area contributed by atoms with E-state index in [9.17, 15) is 10.1 Å².